The fraction of sp³-hybridized carbons (Fsp3) is 0.292. The Labute approximate surface area is 166 Å². The highest BCUT2D eigenvalue weighted by atomic mass is 16.1. The highest BCUT2D eigenvalue weighted by Crippen LogP contribution is 2.18. The van der Waals surface area contributed by atoms with E-state index in [1.807, 2.05) is 36.5 Å². The Morgan fingerprint density at radius 3 is 2.54 bits per heavy atom. The van der Waals surface area contributed by atoms with Crippen LogP contribution in [0.3, 0.4) is 0 Å². The number of hydrogen-bond donors (Lipinski definition) is 3. The van der Waals surface area contributed by atoms with Gasteiger partial charge in [0.1, 0.15) is 32.2 Å². The number of benzene rings is 2. The number of aromatic amines is 1. The number of piperazine rings is 1. The Hall–Kier alpha value is -2.69. The van der Waals surface area contributed by atoms with E-state index in [2.05, 4.69) is 48.3 Å². The van der Waals surface area contributed by atoms with Crippen molar-refractivity contribution < 1.29 is 14.6 Å². The van der Waals surface area contributed by atoms with Gasteiger partial charge in [-0.15, -0.1) is 0 Å². The third-order valence-corrected chi connectivity index (χ3v) is 5.98. The van der Waals surface area contributed by atoms with Gasteiger partial charge < -0.3 is 14.8 Å². The molecule has 0 aliphatic carbocycles. The van der Waals surface area contributed by atoms with Crippen molar-refractivity contribution in [2.45, 2.75) is 13.0 Å². The fourth-order valence-corrected chi connectivity index (χ4v) is 4.18. The van der Waals surface area contributed by atoms with Gasteiger partial charge >= 0.3 is 0 Å². The molecule has 4 heteroatoms. The first-order valence-electron chi connectivity index (χ1n) is 10.2. The first-order chi connectivity index (χ1) is 13.7. The van der Waals surface area contributed by atoms with Gasteiger partial charge in [-0.1, -0.05) is 54.6 Å². The van der Waals surface area contributed by atoms with Crippen molar-refractivity contribution in [2.24, 2.45) is 0 Å². The number of ketones is 1. The van der Waals surface area contributed by atoms with E-state index in [0.717, 1.165) is 49.2 Å². The average Bonchev–Trinajstić information content (AvgIpc) is 3.18. The number of carbonyl (C=O) groups is 1. The standard InChI is InChI=1S/C24H27N3O/c1-19(24(28)22-18-25-23-12-6-5-11-21(22)23)27-16-14-26(15-17-27)13-7-10-20-8-3-2-4-9-20/h2-12,18-19,25H,13-17H2,1H3/p+2/b10-7+/t19-/m1/s1. The van der Waals surface area contributed by atoms with Gasteiger partial charge in [-0.2, -0.15) is 0 Å². The predicted octanol–water partition coefficient (Wildman–Crippen LogP) is 1.24. The molecule has 1 atom stereocenters. The molecular weight excluding hydrogens is 346 g/mol. The highest BCUT2D eigenvalue weighted by Gasteiger charge is 2.32. The van der Waals surface area contributed by atoms with Crippen molar-refractivity contribution in [1.29, 1.82) is 0 Å². The topological polar surface area (TPSA) is 41.7 Å². The minimum absolute atomic E-state index is 0.000571. The molecule has 4 nitrogen and oxygen atoms in total. The van der Waals surface area contributed by atoms with Gasteiger partial charge in [0.25, 0.3) is 0 Å². The monoisotopic (exact) mass is 375 g/mol. The molecular formula is C24H29N3O+2. The quantitative estimate of drug-likeness (QED) is 0.558. The summed E-state index contributed by atoms with van der Waals surface area (Å²) in [6.07, 6.45) is 6.35. The molecule has 0 radical (unpaired) electrons. The molecule has 1 fully saturated rings. The largest absolute Gasteiger partial charge is 0.360 e. The molecule has 4 rings (SSSR count). The number of quaternary nitrogens is 2. The molecule has 0 spiro atoms. The Kier molecular flexibility index (Phi) is 5.70. The second-order valence-corrected chi connectivity index (χ2v) is 7.76. The third kappa shape index (κ3) is 4.08. The van der Waals surface area contributed by atoms with Gasteiger partial charge in [0.15, 0.2) is 0 Å². The zero-order valence-corrected chi connectivity index (χ0v) is 16.4. The van der Waals surface area contributed by atoms with Crippen LogP contribution in [0, 0.1) is 0 Å². The summed E-state index contributed by atoms with van der Waals surface area (Å²) in [6.45, 7) is 7.44. The first-order valence-corrected chi connectivity index (χ1v) is 10.2. The van der Waals surface area contributed by atoms with E-state index < -0.39 is 0 Å². The molecule has 0 unspecified atom stereocenters. The molecule has 1 aliphatic rings. The van der Waals surface area contributed by atoms with Crippen LogP contribution < -0.4 is 9.80 Å². The van der Waals surface area contributed by atoms with E-state index in [4.69, 9.17) is 0 Å². The van der Waals surface area contributed by atoms with Crippen LogP contribution in [0.5, 0.6) is 0 Å². The number of fused-ring (bicyclic) bond motifs is 1. The molecule has 144 valence electrons. The van der Waals surface area contributed by atoms with Gasteiger partial charge in [0.2, 0.25) is 5.78 Å². The van der Waals surface area contributed by atoms with Crippen LogP contribution in [-0.2, 0) is 0 Å². The summed E-state index contributed by atoms with van der Waals surface area (Å²) in [5.74, 6) is 0.250. The Balaban J connectivity index is 1.32. The lowest BCUT2D eigenvalue weighted by Crippen LogP contribution is -3.29. The SMILES string of the molecule is C[C@H](C(=O)c1c[nH]c2ccccc12)[NH+]1CC[NH+](C/C=C/c2ccccc2)CC1. The van der Waals surface area contributed by atoms with Crippen LogP contribution in [0.1, 0.15) is 22.8 Å². The lowest BCUT2D eigenvalue weighted by Gasteiger charge is -2.32. The van der Waals surface area contributed by atoms with E-state index >= 15 is 0 Å². The summed E-state index contributed by atoms with van der Waals surface area (Å²) in [5, 5.41) is 1.04. The number of nitrogens with one attached hydrogen (secondary N) is 3. The molecule has 0 saturated carbocycles. The zero-order chi connectivity index (χ0) is 19.3. The maximum atomic E-state index is 13.1. The molecule has 1 aliphatic heterocycles. The van der Waals surface area contributed by atoms with Gasteiger partial charge in [0.05, 0.1) is 6.54 Å². The third-order valence-electron chi connectivity index (χ3n) is 5.98. The van der Waals surface area contributed by atoms with Crippen LogP contribution in [0.15, 0.2) is 66.9 Å². The van der Waals surface area contributed by atoms with Crippen molar-refractivity contribution in [2.75, 3.05) is 32.7 Å². The normalized spacial score (nSPS) is 21.2. The molecule has 0 bridgehead atoms. The molecule has 2 heterocycles. The predicted molar refractivity (Wildman–Crippen MR) is 114 cm³/mol. The first kappa shape index (κ1) is 18.7. The van der Waals surface area contributed by atoms with Crippen LogP contribution in [0.25, 0.3) is 17.0 Å². The summed E-state index contributed by atoms with van der Waals surface area (Å²) < 4.78 is 0. The summed E-state index contributed by atoms with van der Waals surface area (Å²) in [5.41, 5.74) is 3.12. The summed E-state index contributed by atoms with van der Waals surface area (Å²) in [7, 11) is 0. The molecule has 28 heavy (non-hydrogen) atoms. The van der Waals surface area contributed by atoms with Crippen molar-refractivity contribution in [3.63, 3.8) is 0 Å². The van der Waals surface area contributed by atoms with Gasteiger partial charge in [-0.3, -0.25) is 4.79 Å². The van der Waals surface area contributed by atoms with E-state index in [9.17, 15) is 4.79 Å². The fourth-order valence-electron chi connectivity index (χ4n) is 4.18. The lowest BCUT2D eigenvalue weighted by atomic mass is 10.0. The molecule has 2 aromatic carbocycles. The summed E-state index contributed by atoms with van der Waals surface area (Å²) in [4.78, 5) is 19.3. The molecule has 1 aromatic heterocycles. The number of carbonyl (C=O) groups excluding carboxylic acids is 1. The maximum Gasteiger partial charge on any atom is 0.221 e. The second kappa shape index (κ2) is 8.55. The van der Waals surface area contributed by atoms with E-state index in [-0.39, 0.29) is 11.8 Å². The Morgan fingerprint density at radius 2 is 1.75 bits per heavy atom. The van der Waals surface area contributed by atoms with E-state index in [1.54, 1.807) is 4.90 Å². The van der Waals surface area contributed by atoms with Gasteiger partial charge in [-0.05, 0) is 24.6 Å². The van der Waals surface area contributed by atoms with Gasteiger partial charge in [0, 0.05) is 22.7 Å². The Morgan fingerprint density at radius 1 is 1.04 bits per heavy atom. The van der Waals surface area contributed by atoms with Crippen molar-refractivity contribution in [1.82, 2.24) is 4.98 Å². The molecule has 3 aromatic rings. The number of hydrogen-bond acceptors (Lipinski definition) is 1. The number of para-hydroxylation sites is 1. The van der Waals surface area contributed by atoms with Crippen molar-refractivity contribution >= 4 is 22.8 Å². The van der Waals surface area contributed by atoms with Crippen LogP contribution >= 0.6 is 0 Å². The molecule has 1 saturated heterocycles. The average molecular weight is 376 g/mol. The van der Waals surface area contributed by atoms with E-state index in [1.165, 1.54) is 10.5 Å². The number of aromatic nitrogens is 1. The molecule has 3 N–H and O–H groups in total. The second-order valence-electron chi connectivity index (χ2n) is 7.76. The minimum Gasteiger partial charge on any atom is -0.360 e. The van der Waals surface area contributed by atoms with Crippen molar-refractivity contribution in [3.05, 3.63) is 78.0 Å². The maximum absolute atomic E-state index is 13.1. The van der Waals surface area contributed by atoms with Gasteiger partial charge in [-0.25, -0.2) is 0 Å². The van der Waals surface area contributed by atoms with Crippen LogP contribution in [0.4, 0.5) is 0 Å². The van der Waals surface area contributed by atoms with Crippen molar-refractivity contribution in [3.8, 4) is 0 Å². The number of H-pyrrole nitrogens is 1. The molecule has 0 amide bonds. The summed E-state index contributed by atoms with van der Waals surface area (Å²) >= 11 is 0. The van der Waals surface area contributed by atoms with E-state index in [0.29, 0.717) is 0 Å². The Bertz CT molecular complexity index is 952. The smallest absolute Gasteiger partial charge is 0.221 e. The minimum atomic E-state index is 0.000571. The van der Waals surface area contributed by atoms with Crippen LogP contribution in [-0.4, -0.2) is 49.5 Å². The van der Waals surface area contributed by atoms with Crippen LogP contribution in [0.2, 0.25) is 0 Å². The summed E-state index contributed by atoms with van der Waals surface area (Å²) in [6, 6.07) is 18.5. The number of rotatable bonds is 6. The number of Topliss-reactive ketones (excluding diaryl/α,β-unsaturated/α-hetero) is 1. The highest BCUT2D eigenvalue weighted by molar-refractivity contribution is 6.09. The lowest BCUT2D eigenvalue weighted by molar-refractivity contribution is -1.02. The zero-order valence-electron chi connectivity index (χ0n) is 16.4.